The number of carbonyl (C=O) groups is 4. The first-order valence-electron chi connectivity index (χ1n) is 6.17. The molecule has 0 unspecified atom stereocenters. The Labute approximate surface area is 116 Å². The molecule has 0 bridgehead atoms. The summed E-state index contributed by atoms with van der Waals surface area (Å²) in [6, 6.07) is 0. The number of hydrogen-bond donors (Lipinski definition) is 0. The van der Waals surface area contributed by atoms with Gasteiger partial charge in [0.2, 0.25) is 11.8 Å². The Morgan fingerprint density at radius 1 is 1.10 bits per heavy atom. The quantitative estimate of drug-likeness (QED) is 0.565. The SMILES string of the molecule is COC(=O)CN(CC(=O)OC)CC(=O)N1CCCC1=O. The molecule has 0 atom stereocenters. The van der Waals surface area contributed by atoms with Gasteiger partial charge in [0.05, 0.1) is 33.9 Å². The van der Waals surface area contributed by atoms with Gasteiger partial charge in [0, 0.05) is 13.0 Å². The van der Waals surface area contributed by atoms with E-state index >= 15 is 0 Å². The predicted octanol–water partition coefficient (Wildman–Crippen LogP) is -1.22. The summed E-state index contributed by atoms with van der Waals surface area (Å²) >= 11 is 0. The largest absolute Gasteiger partial charge is 0.468 e. The molecule has 1 aliphatic rings. The lowest BCUT2D eigenvalue weighted by Crippen LogP contribution is -2.44. The van der Waals surface area contributed by atoms with Crippen LogP contribution in [0.2, 0.25) is 0 Å². The summed E-state index contributed by atoms with van der Waals surface area (Å²) < 4.78 is 9.00. The Morgan fingerprint density at radius 2 is 1.65 bits per heavy atom. The van der Waals surface area contributed by atoms with E-state index < -0.39 is 17.8 Å². The van der Waals surface area contributed by atoms with E-state index in [2.05, 4.69) is 9.47 Å². The minimum absolute atomic E-state index is 0.212. The lowest BCUT2D eigenvalue weighted by Gasteiger charge is -2.21. The van der Waals surface area contributed by atoms with E-state index in [1.807, 2.05) is 0 Å². The molecule has 0 N–H and O–H groups in total. The molecule has 0 aromatic carbocycles. The summed E-state index contributed by atoms with van der Waals surface area (Å²) in [6.45, 7) is -0.281. The van der Waals surface area contributed by atoms with Gasteiger partial charge >= 0.3 is 11.9 Å². The third kappa shape index (κ3) is 4.61. The fraction of sp³-hybridized carbons (Fsp3) is 0.667. The highest BCUT2D eigenvalue weighted by atomic mass is 16.5. The van der Waals surface area contributed by atoms with E-state index in [0.29, 0.717) is 19.4 Å². The minimum atomic E-state index is -0.575. The topological polar surface area (TPSA) is 93.2 Å². The summed E-state index contributed by atoms with van der Waals surface area (Å²) in [5.74, 6) is -1.81. The molecule has 112 valence electrons. The smallest absolute Gasteiger partial charge is 0.319 e. The van der Waals surface area contributed by atoms with Crippen LogP contribution in [-0.2, 0) is 28.7 Å². The van der Waals surface area contributed by atoms with Crippen LogP contribution in [0.1, 0.15) is 12.8 Å². The average molecular weight is 286 g/mol. The second-order valence-corrected chi connectivity index (χ2v) is 4.34. The molecule has 1 saturated heterocycles. The van der Waals surface area contributed by atoms with Gasteiger partial charge in [-0.1, -0.05) is 0 Å². The molecule has 0 aliphatic carbocycles. The van der Waals surface area contributed by atoms with Gasteiger partial charge in [0.1, 0.15) is 0 Å². The molecule has 1 aliphatic heterocycles. The van der Waals surface area contributed by atoms with Crippen LogP contribution in [0, 0.1) is 0 Å². The van der Waals surface area contributed by atoms with Gasteiger partial charge in [-0.25, -0.2) is 0 Å². The highest BCUT2D eigenvalue weighted by Gasteiger charge is 2.28. The van der Waals surface area contributed by atoms with Gasteiger partial charge in [-0.15, -0.1) is 0 Å². The molecule has 0 spiro atoms. The maximum atomic E-state index is 12.0. The maximum Gasteiger partial charge on any atom is 0.319 e. The van der Waals surface area contributed by atoms with Gasteiger partial charge in [-0.05, 0) is 6.42 Å². The Kier molecular flexibility index (Phi) is 6.10. The molecule has 0 aromatic heterocycles. The minimum Gasteiger partial charge on any atom is -0.468 e. The molecule has 20 heavy (non-hydrogen) atoms. The Hall–Kier alpha value is -1.96. The first kappa shape index (κ1) is 16.1. The van der Waals surface area contributed by atoms with Gasteiger partial charge in [0.25, 0.3) is 0 Å². The number of likely N-dealkylation sites (tertiary alicyclic amines) is 1. The highest BCUT2D eigenvalue weighted by molar-refractivity contribution is 5.97. The Morgan fingerprint density at radius 3 is 2.05 bits per heavy atom. The molecule has 1 fully saturated rings. The molecule has 0 radical (unpaired) electrons. The molecule has 0 saturated carbocycles. The summed E-state index contributed by atoms with van der Waals surface area (Å²) in [5.41, 5.74) is 0. The van der Waals surface area contributed by atoms with Crippen LogP contribution in [0.25, 0.3) is 0 Å². The number of ether oxygens (including phenoxy) is 2. The molecule has 0 aromatic rings. The number of methoxy groups -OCH3 is 2. The number of hydrogen-bond acceptors (Lipinski definition) is 7. The number of rotatable bonds is 6. The van der Waals surface area contributed by atoms with Crippen LogP contribution >= 0.6 is 0 Å². The molecule has 1 heterocycles. The zero-order valence-electron chi connectivity index (χ0n) is 11.6. The van der Waals surface area contributed by atoms with E-state index in [4.69, 9.17) is 0 Å². The molecule has 1 rings (SSSR count). The van der Waals surface area contributed by atoms with Crippen LogP contribution in [-0.4, -0.2) is 74.0 Å². The average Bonchev–Trinajstić information content (AvgIpc) is 2.84. The molecular formula is C12H18N2O6. The third-order valence-electron chi connectivity index (χ3n) is 2.89. The Balaban J connectivity index is 2.62. The summed E-state index contributed by atoms with van der Waals surface area (Å²) in [7, 11) is 2.43. The standard InChI is InChI=1S/C12H18N2O6/c1-19-11(17)7-13(8-12(18)20-2)6-10(16)14-5-3-4-9(14)15/h3-8H2,1-2H3. The first-order chi connectivity index (χ1) is 9.47. The van der Waals surface area contributed by atoms with Gasteiger partial charge < -0.3 is 9.47 Å². The van der Waals surface area contributed by atoms with Crippen LogP contribution in [0.15, 0.2) is 0 Å². The van der Waals surface area contributed by atoms with E-state index in [0.717, 1.165) is 4.90 Å². The normalized spacial score (nSPS) is 14.6. The van der Waals surface area contributed by atoms with Crippen molar-refractivity contribution in [1.82, 2.24) is 9.80 Å². The lowest BCUT2D eigenvalue weighted by molar-refractivity contribution is -0.147. The molecule has 2 amide bonds. The van der Waals surface area contributed by atoms with E-state index in [9.17, 15) is 19.2 Å². The number of amides is 2. The summed E-state index contributed by atoms with van der Waals surface area (Å²) in [4.78, 5) is 48.3. The zero-order chi connectivity index (χ0) is 15.1. The number of nitrogens with zero attached hydrogens (tertiary/aromatic N) is 2. The van der Waals surface area contributed by atoms with E-state index in [-0.39, 0.29) is 25.5 Å². The summed E-state index contributed by atoms with van der Waals surface area (Å²) in [5, 5.41) is 0. The number of esters is 2. The number of imide groups is 1. The van der Waals surface area contributed by atoms with E-state index in [1.165, 1.54) is 19.1 Å². The van der Waals surface area contributed by atoms with E-state index in [1.54, 1.807) is 0 Å². The molecular weight excluding hydrogens is 268 g/mol. The van der Waals surface area contributed by atoms with Crippen molar-refractivity contribution in [3.8, 4) is 0 Å². The van der Waals surface area contributed by atoms with Crippen molar-refractivity contribution in [2.45, 2.75) is 12.8 Å². The fourth-order valence-electron chi connectivity index (χ4n) is 1.85. The van der Waals surface area contributed by atoms with Crippen molar-refractivity contribution in [2.24, 2.45) is 0 Å². The van der Waals surface area contributed by atoms with Crippen molar-refractivity contribution in [1.29, 1.82) is 0 Å². The van der Waals surface area contributed by atoms with Crippen LogP contribution < -0.4 is 0 Å². The van der Waals surface area contributed by atoms with Crippen molar-refractivity contribution in [3.63, 3.8) is 0 Å². The van der Waals surface area contributed by atoms with Crippen LogP contribution in [0.3, 0.4) is 0 Å². The zero-order valence-corrected chi connectivity index (χ0v) is 11.6. The van der Waals surface area contributed by atoms with Crippen molar-refractivity contribution in [3.05, 3.63) is 0 Å². The first-order valence-corrected chi connectivity index (χ1v) is 6.17. The van der Waals surface area contributed by atoms with Crippen LogP contribution in [0.4, 0.5) is 0 Å². The van der Waals surface area contributed by atoms with Gasteiger partial charge in [0.15, 0.2) is 0 Å². The van der Waals surface area contributed by atoms with Crippen LogP contribution in [0.5, 0.6) is 0 Å². The second-order valence-electron chi connectivity index (χ2n) is 4.34. The van der Waals surface area contributed by atoms with Gasteiger partial charge in [-0.3, -0.25) is 29.0 Å². The van der Waals surface area contributed by atoms with Crippen molar-refractivity contribution >= 4 is 23.8 Å². The predicted molar refractivity (Wildman–Crippen MR) is 66.4 cm³/mol. The molecule has 8 heteroatoms. The van der Waals surface area contributed by atoms with Gasteiger partial charge in [-0.2, -0.15) is 0 Å². The highest BCUT2D eigenvalue weighted by Crippen LogP contribution is 2.10. The maximum absolute atomic E-state index is 12.0. The summed E-state index contributed by atoms with van der Waals surface area (Å²) in [6.07, 6.45) is 0.984. The lowest BCUT2D eigenvalue weighted by atomic mass is 10.4. The second kappa shape index (κ2) is 7.59. The number of carbonyl (C=O) groups excluding carboxylic acids is 4. The van der Waals surface area contributed by atoms with Crippen molar-refractivity contribution in [2.75, 3.05) is 40.4 Å². The molecule has 8 nitrogen and oxygen atoms in total. The Bertz CT molecular complexity index is 391. The fourth-order valence-corrected chi connectivity index (χ4v) is 1.85. The monoisotopic (exact) mass is 286 g/mol. The van der Waals surface area contributed by atoms with Crippen molar-refractivity contribution < 1.29 is 28.7 Å². The third-order valence-corrected chi connectivity index (χ3v) is 2.89.